The van der Waals surface area contributed by atoms with Crippen molar-refractivity contribution in [3.63, 3.8) is 0 Å². The summed E-state index contributed by atoms with van der Waals surface area (Å²) in [5, 5.41) is 9.59. The molecule has 0 bridgehead atoms. The fourth-order valence-electron chi connectivity index (χ4n) is 5.70. The number of esters is 2. The highest BCUT2D eigenvalue weighted by Crippen LogP contribution is 2.13. The van der Waals surface area contributed by atoms with Gasteiger partial charge in [0.1, 0.15) is 6.61 Å². The van der Waals surface area contributed by atoms with Crippen LogP contribution in [-0.4, -0.2) is 80.6 Å². The van der Waals surface area contributed by atoms with Gasteiger partial charge in [0.25, 0.3) is 0 Å². The number of allylic oxidation sites excluding steroid dienone is 10. The van der Waals surface area contributed by atoms with Gasteiger partial charge in [0.05, 0.1) is 34.4 Å². The molecule has 0 amide bonds. The predicted octanol–water partition coefficient (Wildman–Crippen LogP) is 11.0. The minimum atomic E-state index is -0.882. The van der Waals surface area contributed by atoms with Gasteiger partial charge in [-0.15, -0.1) is 0 Å². The third kappa shape index (κ3) is 34.5. The van der Waals surface area contributed by atoms with Crippen LogP contribution in [0.5, 0.6) is 0 Å². The number of rotatable bonds is 36. The van der Waals surface area contributed by atoms with Crippen LogP contribution < -0.4 is 0 Å². The lowest BCUT2D eigenvalue weighted by atomic mass is 10.1. The molecule has 0 aliphatic heterocycles. The lowest BCUT2D eigenvalue weighted by Gasteiger charge is -2.31. The average Bonchev–Trinajstić information content (AvgIpc) is 3.11. The number of likely N-dealkylation sites (N-methyl/N-ethyl adjacent to an activating group) is 1. The number of unbranched alkanes of at least 4 members (excludes halogenated alkanes) is 12. The molecule has 0 aromatic heterocycles. The highest BCUT2D eigenvalue weighted by Gasteiger charge is 2.31. The maximum Gasteiger partial charge on any atom is 0.362 e. The van der Waals surface area contributed by atoms with Crippen LogP contribution in [0.25, 0.3) is 0 Å². The Labute approximate surface area is 324 Å². The van der Waals surface area contributed by atoms with Gasteiger partial charge in [0.2, 0.25) is 0 Å². The molecule has 0 spiro atoms. The number of aliphatic carboxylic acids is 1. The van der Waals surface area contributed by atoms with Crippen molar-refractivity contribution in [2.75, 3.05) is 41.0 Å². The Morgan fingerprint density at radius 1 is 0.585 bits per heavy atom. The first-order valence-electron chi connectivity index (χ1n) is 20.8. The lowest BCUT2D eigenvalue weighted by Crippen LogP contribution is -2.50. The fraction of sp³-hybridized carbons (Fsp3) is 0.711. The average molecular weight is 745 g/mol. The summed E-state index contributed by atoms with van der Waals surface area (Å²) >= 11 is 0. The molecule has 0 heterocycles. The van der Waals surface area contributed by atoms with Crippen molar-refractivity contribution in [2.45, 2.75) is 167 Å². The highest BCUT2D eigenvalue weighted by molar-refractivity contribution is 5.72. The second-order valence-electron chi connectivity index (χ2n) is 14.9. The number of carbonyl (C=O) groups is 3. The zero-order valence-electron chi connectivity index (χ0n) is 34.4. The van der Waals surface area contributed by atoms with Gasteiger partial charge in [-0.1, -0.05) is 139 Å². The second-order valence-corrected chi connectivity index (χ2v) is 14.9. The van der Waals surface area contributed by atoms with Crippen LogP contribution in [0.2, 0.25) is 0 Å². The van der Waals surface area contributed by atoms with Crippen molar-refractivity contribution in [3.05, 3.63) is 60.8 Å². The molecule has 1 N–H and O–H groups in total. The van der Waals surface area contributed by atoms with Crippen molar-refractivity contribution >= 4 is 17.9 Å². The summed E-state index contributed by atoms with van der Waals surface area (Å²) in [6.07, 6.45) is 42.6. The number of carboxylic acids is 1. The molecule has 8 heteroatoms. The van der Waals surface area contributed by atoms with Crippen molar-refractivity contribution in [2.24, 2.45) is 0 Å². The van der Waals surface area contributed by atoms with Gasteiger partial charge < -0.3 is 23.8 Å². The summed E-state index contributed by atoms with van der Waals surface area (Å²) in [7, 11) is 5.50. The van der Waals surface area contributed by atoms with Crippen molar-refractivity contribution in [1.82, 2.24) is 0 Å². The van der Waals surface area contributed by atoms with Gasteiger partial charge >= 0.3 is 17.9 Å². The summed E-state index contributed by atoms with van der Waals surface area (Å²) in [6.45, 7) is 4.56. The Hall–Kier alpha value is -2.97. The number of carboxylic acid groups (broad SMARTS) is 1. The first-order chi connectivity index (χ1) is 25.6. The van der Waals surface area contributed by atoms with Crippen LogP contribution in [0, 0.1) is 0 Å². The monoisotopic (exact) mass is 745 g/mol. The van der Waals surface area contributed by atoms with Gasteiger partial charge in [-0.25, -0.2) is 4.79 Å². The molecule has 0 fully saturated rings. The van der Waals surface area contributed by atoms with Crippen LogP contribution in [0.1, 0.15) is 155 Å². The highest BCUT2D eigenvalue weighted by atomic mass is 16.6. The van der Waals surface area contributed by atoms with Gasteiger partial charge in [-0.05, 0) is 57.8 Å². The van der Waals surface area contributed by atoms with E-state index in [0.717, 1.165) is 77.0 Å². The number of ether oxygens (including phenoxy) is 3. The quantitative estimate of drug-likeness (QED) is 0.0295. The molecular weight excluding hydrogens is 666 g/mol. The fourth-order valence-corrected chi connectivity index (χ4v) is 5.70. The number of hydrogen-bond acceptors (Lipinski definition) is 6. The molecule has 2 unspecified atom stereocenters. The Kier molecular flexibility index (Phi) is 34.0. The summed E-state index contributed by atoms with van der Waals surface area (Å²) in [5.74, 6) is -1.52. The molecule has 0 saturated heterocycles. The maximum absolute atomic E-state index is 12.6. The molecule has 0 aromatic carbocycles. The van der Waals surface area contributed by atoms with Crippen LogP contribution in [0.3, 0.4) is 0 Å². The van der Waals surface area contributed by atoms with E-state index in [9.17, 15) is 19.5 Å². The molecule has 0 aliphatic carbocycles. The first-order valence-corrected chi connectivity index (χ1v) is 20.8. The smallest absolute Gasteiger partial charge is 0.362 e. The van der Waals surface area contributed by atoms with E-state index in [1.165, 1.54) is 44.9 Å². The summed E-state index contributed by atoms with van der Waals surface area (Å²) < 4.78 is 17.2. The third-order valence-electron chi connectivity index (χ3n) is 8.93. The Morgan fingerprint density at radius 3 is 1.57 bits per heavy atom. The second kappa shape index (κ2) is 36.0. The molecule has 0 radical (unpaired) electrons. The number of quaternary nitrogens is 1. The molecule has 0 aromatic rings. The van der Waals surface area contributed by atoms with Crippen molar-refractivity contribution < 1.29 is 38.2 Å². The van der Waals surface area contributed by atoms with Gasteiger partial charge in [0.15, 0.2) is 12.1 Å². The molecule has 2 atom stereocenters. The van der Waals surface area contributed by atoms with Gasteiger partial charge in [0, 0.05) is 19.3 Å². The van der Waals surface area contributed by atoms with E-state index in [1.54, 1.807) is 0 Å². The zero-order valence-corrected chi connectivity index (χ0v) is 34.4. The molecule has 304 valence electrons. The molecule has 0 saturated carbocycles. The van der Waals surface area contributed by atoms with Crippen LogP contribution in [0.4, 0.5) is 0 Å². The standard InChI is InChI=1S/C45H77NO7/c1-6-8-10-12-14-16-18-19-20-21-22-23-24-25-26-28-29-31-33-35-43(47)52-40-41(39-51-38-37-42(45(49)50)46(3,4)5)53-44(48)36-34-32-30-27-17-15-13-11-9-7-2/h8,10,14,16,19-20,22-23,25-26,41-42H,6-7,9,11-13,15,17-18,21,24,27-40H2,1-5H3/p+1/b10-8+,16-14+,20-19+,23-22+,26-25+. The first kappa shape index (κ1) is 50.0. The number of carbonyl (C=O) groups excluding carboxylic acids is 2. The number of nitrogens with zero attached hydrogens (tertiary/aromatic N) is 1. The predicted molar refractivity (Wildman–Crippen MR) is 220 cm³/mol. The van der Waals surface area contributed by atoms with E-state index < -0.39 is 18.1 Å². The van der Waals surface area contributed by atoms with E-state index in [0.29, 0.717) is 19.3 Å². The molecule has 0 rings (SSSR count). The SMILES string of the molecule is CC/C=C/C/C=C/C/C=C/C/C=C/C/C=C/CCCCCC(=O)OCC(COCCC(C(=O)O)[N+](C)(C)C)OC(=O)CCCCCCCCCCCC. The normalized spacial score (nSPS) is 13.6. The Bertz CT molecular complexity index is 1050. The lowest BCUT2D eigenvalue weighted by molar-refractivity contribution is -0.887. The van der Waals surface area contributed by atoms with E-state index >= 15 is 0 Å². The van der Waals surface area contributed by atoms with E-state index in [-0.39, 0.29) is 36.2 Å². The minimum absolute atomic E-state index is 0.0494. The van der Waals surface area contributed by atoms with E-state index in [1.807, 2.05) is 21.1 Å². The zero-order chi connectivity index (χ0) is 39.3. The third-order valence-corrected chi connectivity index (χ3v) is 8.93. The Morgan fingerprint density at radius 2 is 1.06 bits per heavy atom. The van der Waals surface area contributed by atoms with Gasteiger partial charge in [-0.2, -0.15) is 0 Å². The molecule has 53 heavy (non-hydrogen) atoms. The summed E-state index contributed by atoms with van der Waals surface area (Å²) in [6, 6.07) is -0.619. The molecule has 8 nitrogen and oxygen atoms in total. The van der Waals surface area contributed by atoms with E-state index in [2.05, 4.69) is 74.6 Å². The van der Waals surface area contributed by atoms with Crippen LogP contribution in [-0.2, 0) is 28.6 Å². The largest absolute Gasteiger partial charge is 0.477 e. The summed E-state index contributed by atoms with van der Waals surface area (Å²) in [5.41, 5.74) is 0. The molecule has 0 aliphatic rings. The molecular formula is C45H78NO7+. The van der Waals surface area contributed by atoms with Gasteiger partial charge in [-0.3, -0.25) is 9.59 Å². The summed E-state index contributed by atoms with van der Waals surface area (Å²) in [4.78, 5) is 36.8. The van der Waals surface area contributed by atoms with Crippen LogP contribution >= 0.6 is 0 Å². The Balaban J connectivity index is 4.40. The topological polar surface area (TPSA) is 99.1 Å². The van der Waals surface area contributed by atoms with E-state index in [4.69, 9.17) is 14.2 Å². The van der Waals surface area contributed by atoms with Crippen molar-refractivity contribution in [1.29, 1.82) is 0 Å². The maximum atomic E-state index is 12.6. The minimum Gasteiger partial charge on any atom is -0.477 e. The van der Waals surface area contributed by atoms with Crippen molar-refractivity contribution in [3.8, 4) is 0 Å². The van der Waals surface area contributed by atoms with Crippen LogP contribution in [0.15, 0.2) is 60.8 Å². The number of hydrogen-bond donors (Lipinski definition) is 1.